The predicted octanol–water partition coefficient (Wildman–Crippen LogP) is 2.37. The molecule has 0 saturated heterocycles. The molecule has 0 bridgehead atoms. The fourth-order valence-corrected chi connectivity index (χ4v) is 2.97. The summed E-state index contributed by atoms with van der Waals surface area (Å²) in [7, 11) is 1.68. The van der Waals surface area contributed by atoms with E-state index in [9.17, 15) is 5.11 Å². The number of benzene rings is 1. The Labute approximate surface area is 147 Å². The van der Waals surface area contributed by atoms with Crippen molar-refractivity contribution in [3.05, 3.63) is 53.3 Å². The number of methoxy groups -OCH3 is 1. The van der Waals surface area contributed by atoms with Gasteiger partial charge in [0, 0.05) is 35.2 Å². The summed E-state index contributed by atoms with van der Waals surface area (Å²) in [6.07, 6.45) is 2.91. The van der Waals surface area contributed by atoms with Crippen molar-refractivity contribution in [3.63, 3.8) is 0 Å². The molecule has 3 rings (SSSR count). The van der Waals surface area contributed by atoms with Crippen LogP contribution in [0.25, 0.3) is 10.9 Å². The minimum Gasteiger partial charge on any atom is -0.497 e. The van der Waals surface area contributed by atoms with E-state index in [1.807, 2.05) is 24.4 Å². The molecule has 0 aliphatic heterocycles. The first-order chi connectivity index (χ1) is 12.1. The van der Waals surface area contributed by atoms with Crippen molar-refractivity contribution >= 4 is 16.7 Å². The second kappa shape index (κ2) is 7.55. The van der Waals surface area contributed by atoms with Crippen LogP contribution in [-0.2, 0) is 19.6 Å². The predicted molar refractivity (Wildman–Crippen MR) is 99.4 cm³/mol. The summed E-state index contributed by atoms with van der Waals surface area (Å²) in [6.45, 7) is 2.65. The van der Waals surface area contributed by atoms with Crippen LogP contribution in [0.3, 0.4) is 0 Å². The van der Waals surface area contributed by atoms with Gasteiger partial charge in [-0.2, -0.15) is 0 Å². The van der Waals surface area contributed by atoms with Gasteiger partial charge in [0.1, 0.15) is 11.6 Å². The third-order valence-electron chi connectivity index (χ3n) is 4.38. The van der Waals surface area contributed by atoms with E-state index in [0.29, 0.717) is 12.4 Å². The number of aliphatic hydroxyl groups excluding tert-OH is 1. The van der Waals surface area contributed by atoms with Gasteiger partial charge in [-0.3, -0.25) is 0 Å². The molecule has 3 aromatic rings. The van der Waals surface area contributed by atoms with Crippen LogP contribution in [0.5, 0.6) is 5.75 Å². The number of fused-ring (bicyclic) bond motifs is 1. The van der Waals surface area contributed by atoms with Gasteiger partial charge in [-0.05, 0) is 43.2 Å². The van der Waals surface area contributed by atoms with Gasteiger partial charge in [-0.1, -0.05) is 6.07 Å². The van der Waals surface area contributed by atoms with E-state index in [1.54, 1.807) is 13.2 Å². The zero-order valence-corrected chi connectivity index (χ0v) is 14.5. The number of rotatable bonds is 7. The summed E-state index contributed by atoms with van der Waals surface area (Å²) in [4.78, 5) is 7.62. The standard InChI is InChI=1S/C19H24N4O2/c1-12(21-10-18-13(11-24)3-6-19(20)23-18)7-14-9-22-17-5-4-15(25-2)8-16(14)17/h3-6,8-9,12,21-22,24H,7,10-11H2,1-2H3,(H2,20,23)/t12-/m1/s1. The minimum absolute atomic E-state index is 0.0408. The zero-order valence-electron chi connectivity index (χ0n) is 14.5. The number of H-pyrrole nitrogens is 1. The Hall–Kier alpha value is -2.57. The molecule has 0 saturated carbocycles. The van der Waals surface area contributed by atoms with Gasteiger partial charge in [0.05, 0.1) is 19.4 Å². The molecule has 6 heteroatoms. The average Bonchev–Trinajstić information content (AvgIpc) is 3.02. The van der Waals surface area contributed by atoms with E-state index in [2.05, 4.69) is 28.3 Å². The lowest BCUT2D eigenvalue weighted by Gasteiger charge is -2.15. The summed E-state index contributed by atoms with van der Waals surface area (Å²) >= 11 is 0. The number of nitrogens with zero attached hydrogens (tertiary/aromatic N) is 1. The van der Waals surface area contributed by atoms with Gasteiger partial charge in [0.15, 0.2) is 0 Å². The Bertz CT molecular complexity index is 860. The highest BCUT2D eigenvalue weighted by molar-refractivity contribution is 5.84. The topological polar surface area (TPSA) is 96.2 Å². The van der Waals surface area contributed by atoms with E-state index < -0.39 is 0 Å². The normalized spacial score (nSPS) is 12.4. The Morgan fingerprint density at radius 1 is 1.28 bits per heavy atom. The Kier molecular flexibility index (Phi) is 5.21. The van der Waals surface area contributed by atoms with Crippen molar-refractivity contribution in [2.24, 2.45) is 0 Å². The Morgan fingerprint density at radius 2 is 2.12 bits per heavy atom. The lowest BCUT2D eigenvalue weighted by Crippen LogP contribution is -2.28. The van der Waals surface area contributed by atoms with Crippen molar-refractivity contribution in [1.82, 2.24) is 15.3 Å². The monoisotopic (exact) mass is 340 g/mol. The number of nitrogens with two attached hydrogens (primary N) is 1. The quantitative estimate of drug-likeness (QED) is 0.529. The summed E-state index contributed by atoms with van der Waals surface area (Å²) in [5.74, 6) is 1.32. The van der Waals surface area contributed by atoms with Gasteiger partial charge in [-0.15, -0.1) is 0 Å². The highest BCUT2D eigenvalue weighted by atomic mass is 16.5. The van der Waals surface area contributed by atoms with Crippen molar-refractivity contribution in [2.75, 3.05) is 12.8 Å². The van der Waals surface area contributed by atoms with Crippen LogP contribution < -0.4 is 15.8 Å². The van der Waals surface area contributed by atoms with Crippen LogP contribution >= 0.6 is 0 Å². The number of ether oxygens (including phenoxy) is 1. The third kappa shape index (κ3) is 3.92. The fraction of sp³-hybridized carbons (Fsp3) is 0.316. The lowest BCUT2D eigenvalue weighted by atomic mass is 10.1. The molecular formula is C19H24N4O2. The number of aliphatic hydroxyl groups is 1. The number of aromatic amines is 1. The SMILES string of the molecule is COc1ccc2[nH]cc(C[C@@H](C)NCc3nc(N)ccc3CO)c2c1. The van der Waals surface area contributed by atoms with E-state index in [1.165, 1.54) is 10.9 Å². The van der Waals surface area contributed by atoms with Gasteiger partial charge in [0.2, 0.25) is 0 Å². The first-order valence-electron chi connectivity index (χ1n) is 8.33. The lowest BCUT2D eigenvalue weighted by molar-refractivity contribution is 0.279. The molecule has 0 aliphatic carbocycles. The molecule has 5 N–H and O–H groups in total. The third-order valence-corrected chi connectivity index (χ3v) is 4.38. The van der Waals surface area contributed by atoms with Crippen LogP contribution in [-0.4, -0.2) is 28.2 Å². The molecule has 1 aromatic carbocycles. The van der Waals surface area contributed by atoms with E-state index >= 15 is 0 Å². The van der Waals surface area contributed by atoms with E-state index in [0.717, 1.165) is 28.9 Å². The summed E-state index contributed by atoms with van der Waals surface area (Å²) in [6, 6.07) is 9.79. The van der Waals surface area contributed by atoms with Crippen LogP contribution in [0.2, 0.25) is 0 Å². The van der Waals surface area contributed by atoms with Gasteiger partial charge < -0.3 is 25.9 Å². The molecule has 2 heterocycles. The van der Waals surface area contributed by atoms with E-state index in [-0.39, 0.29) is 12.6 Å². The van der Waals surface area contributed by atoms with Gasteiger partial charge >= 0.3 is 0 Å². The molecule has 25 heavy (non-hydrogen) atoms. The van der Waals surface area contributed by atoms with Crippen molar-refractivity contribution in [1.29, 1.82) is 0 Å². The highest BCUT2D eigenvalue weighted by Gasteiger charge is 2.11. The van der Waals surface area contributed by atoms with Crippen molar-refractivity contribution in [3.8, 4) is 5.75 Å². The summed E-state index contributed by atoms with van der Waals surface area (Å²) in [5, 5.41) is 14.1. The zero-order chi connectivity index (χ0) is 17.8. The molecule has 0 fully saturated rings. The number of hydrogen-bond donors (Lipinski definition) is 4. The number of nitrogen functional groups attached to an aromatic ring is 1. The number of pyridine rings is 1. The molecule has 0 radical (unpaired) electrons. The van der Waals surface area contributed by atoms with Gasteiger partial charge in [-0.25, -0.2) is 4.98 Å². The van der Waals surface area contributed by atoms with Crippen LogP contribution in [0, 0.1) is 0 Å². The number of hydrogen-bond acceptors (Lipinski definition) is 5. The molecule has 132 valence electrons. The number of anilines is 1. The Morgan fingerprint density at radius 3 is 2.88 bits per heavy atom. The molecule has 2 aromatic heterocycles. The van der Waals surface area contributed by atoms with Gasteiger partial charge in [0.25, 0.3) is 0 Å². The molecule has 0 unspecified atom stereocenters. The average molecular weight is 340 g/mol. The van der Waals surface area contributed by atoms with Crippen LogP contribution in [0.1, 0.15) is 23.7 Å². The maximum absolute atomic E-state index is 9.43. The van der Waals surface area contributed by atoms with Crippen LogP contribution in [0.4, 0.5) is 5.82 Å². The number of aromatic nitrogens is 2. The van der Waals surface area contributed by atoms with Crippen molar-refractivity contribution in [2.45, 2.75) is 32.5 Å². The van der Waals surface area contributed by atoms with Crippen molar-refractivity contribution < 1.29 is 9.84 Å². The summed E-state index contributed by atoms with van der Waals surface area (Å²) in [5.41, 5.74) is 9.67. The molecule has 6 nitrogen and oxygen atoms in total. The first-order valence-corrected chi connectivity index (χ1v) is 8.33. The molecule has 0 amide bonds. The largest absolute Gasteiger partial charge is 0.497 e. The Balaban J connectivity index is 1.69. The maximum atomic E-state index is 9.43. The number of nitrogens with one attached hydrogen (secondary N) is 2. The minimum atomic E-state index is -0.0408. The smallest absolute Gasteiger partial charge is 0.123 e. The van der Waals surface area contributed by atoms with E-state index in [4.69, 9.17) is 10.5 Å². The second-order valence-electron chi connectivity index (χ2n) is 6.21. The van der Waals surface area contributed by atoms with Crippen LogP contribution in [0.15, 0.2) is 36.5 Å². The highest BCUT2D eigenvalue weighted by Crippen LogP contribution is 2.24. The fourth-order valence-electron chi connectivity index (χ4n) is 2.97. The first kappa shape index (κ1) is 17.3. The maximum Gasteiger partial charge on any atom is 0.123 e. The second-order valence-corrected chi connectivity index (χ2v) is 6.21. The molecule has 0 aliphatic rings. The molecular weight excluding hydrogens is 316 g/mol. The summed E-state index contributed by atoms with van der Waals surface area (Å²) < 4.78 is 5.32. The molecule has 1 atom stereocenters. The molecule has 0 spiro atoms.